The van der Waals surface area contributed by atoms with Gasteiger partial charge in [0.05, 0.1) is 24.9 Å². The summed E-state index contributed by atoms with van der Waals surface area (Å²) in [6.45, 7) is 2.69. The summed E-state index contributed by atoms with van der Waals surface area (Å²) >= 11 is 5.86. The molecule has 2 aromatic heterocycles. The first-order valence-corrected chi connectivity index (χ1v) is 10.0. The van der Waals surface area contributed by atoms with E-state index in [1.54, 1.807) is 44.9 Å². The molecule has 1 aliphatic heterocycles. The maximum absolute atomic E-state index is 12.5. The van der Waals surface area contributed by atoms with Gasteiger partial charge in [0.15, 0.2) is 6.61 Å². The molecule has 0 bridgehead atoms. The molecule has 1 aromatic carbocycles. The number of rotatable bonds is 8. The van der Waals surface area contributed by atoms with E-state index in [4.69, 9.17) is 21.1 Å². The fraction of sp³-hybridized carbons (Fsp3) is 0.421. The molecular weight excluding hydrogens is 410 g/mol. The van der Waals surface area contributed by atoms with Crippen LogP contribution in [0.2, 0.25) is 5.02 Å². The predicted octanol–water partition coefficient (Wildman–Crippen LogP) is 1.07. The van der Waals surface area contributed by atoms with E-state index in [0.29, 0.717) is 50.0 Å². The number of ether oxygens (including phenoxy) is 2. The molecule has 158 valence electrons. The van der Waals surface area contributed by atoms with Crippen LogP contribution in [-0.4, -0.2) is 73.0 Å². The van der Waals surface area contributed by atoms with Gasteiger partial charge < -0.3 is 14.4 Å². The van der Waals surface area contributed by atoms with Gasteiger partial charge in [0, 0.05) is 37.3 Å². The molecule has 0 radical (unpaired) electrons. The first-order chi connectivity index (χ1) is 14.7. The van der Waals surface area contributed by atoms with Crippen molar-refractivity contribution >= 4 is 17.5 Å². The third-order valence-corrected chi connectivity index (χ3v) is 4.96. The van der Waals surface area contributed by atoms with E-state index >= 15 is 0 Å². The summed E-state index contributed by atoms with van der Waals surface area (Å²) in [7, 11) is 0. The molecule has 1 unspecified atom stereocenters. The number of aryl methyl sites for hydroxylation is 2. The zero-order valence-electron chi connectivity index (χ0n) is 16.3. The average molecular weight is 432 g/mol. The normalized spacial score (nSPS) is 16.6. The van der Waals surface area contributed by atoms with Crippen molar-refractivity contribution in [2.45, 2.75) is 25.6 Å². The number of amides is 1. The quantitative estimate of drug-likeness (QED) is 0.526. The van der Waals surface area contributed by atoms with Gasteiger partial charge in [0.2, 0.25) is 0 Å². The Morgan fingerprint density at radius 3 is 2.93 bits per heavy atom. The van der Waals surface area contributed by atoms with Gasteiger partial charge in [0.25, 0.3) is 5.91 Å². The van der Waals surface area contributed by atoms with Crippen molar-refractivity contribution in [1.82, 2.24) is 34.7 Å². The number of morpholine rings is 1. The van der Waals surface area contributed by atoms with Crippen LogP contribution < -0.4 is 4.74 Å². The van der Waals surface area contributed by atoms with Gasteiger partial charge in [-0.25, -0.2) is 9.67 Å². The largest absolute Gasteiger partial charge is 0.484 e. The molecule has 3 heterocycles. The Morgan fingerprint density at radius 2 is 2.13 bits per heavy atom. The first-order valence-electron chi connectivity index (χ1n) is 9.65. The van der Waals surface area contributed by atoms with Gasteiger partial charge in [-0.3, -0.25) is 9.48 Å². The second kappa shape index (κ2) is 9.68. The fourth-order valence-electron chi connectivity index (χ4n) is 3.15. The summed E-state index contributed by atoms with van der Waals surface area (Å²) in [6, 6.07) is 6.93. The number of halogens is 1. The van der Waals surface area contributed by atoms with Crippen molar-refractivity contribution < 1.29 is 14.3 Å². The number of nitrogens with zero attached hydrogens (tertiary/aromatic N) is 7. The fourth-order valence-corrected chi connectivity index (χ4v) is 3.28. The van der Waals surface area contributed by atoms with E-state index in [1.807, 2.05) is 6.20 Å². The third-order valence-electron chi connectivity index (χ3n) is 4.71. The van der Waals surface area contributed by atoms with Crippen LogP contribution in [0.3, 0.4) is 0 Å². The number of carbonyl (C=O) groups excluding carboxylic acids is 1. The molecule has 0 spiro atoms. The van der Waals surface area contributed by atoms with Crippen LogP contribution in [0.4, 0.5) is 0 Å². The summed E-state index contributed by atoms with van der Waals surface area (Å²) in [6.07, 6.45) is 5.63. The molecule has 1 atom stereocenters. The van der Waals surface area contributed by atoms with E-state index in [2.05, 4.69) is 20.4 Å². The molecule has 3 aromatic rings. The number of aromatic nitrogens is 6. The van der Waals surface area contributed by atoms with Crippen LogP contribution in [0.1, 0.15) is 5.69 Å². The lowest BCUT2D eigenvalue weighted by atomic mass is 10.2. The zero-order chi connectivity index (χ0) is 20.8. The molecule has 1 saturated heterocycles. The standard InChI is InChI=1S/C19H22ClN7O3/c20-15-1-3-17(4-2-15)30-12-19(28)25-7-8-29-18(10-25)11-27-9-16(23-24-27)5-6-26-14-21-13-22-26/h1-4,9,13-14,18H,5-8,10-12H2. The maximum atomic E-state index is 12.5. The lowest BCUT2D eigenvalue weighted by Crippen LogP contribution is -2.48. The highest BCUT2D eigenvalue weighted by Crippen LogP contribution is 2.16. The molecule has 10 nitrogen and oxygen atoms in total. The van der Waals surface area contributed by atoms with Crippen molar-refractivity contribution in [3.05, 3.63) is 53.8 Å². The highest BCUT2D eigenvalue weighted by Gasteiger charge is 2.25. The molecule has 0 saturated carbocycles. The minimum absolute atomic E-state index is 0.0237. The zero-order valence-corrected chi connectivity index (χ0v) is 17.1. The number of benzene rings is 1. The second-order valence-electron chi connectivity index (χ2n) is 6.92. The second-order valence-corrected chi connectivity index (χ2v) is 7.35. The predicted molar refractivity (Wildman–Crippen MR) is 107 cm³/mol. The third kappa shape index (κ3) is 5.55. The first kappa shape index (κ1) is 20.3. The Morgan fingerprint density at radius 1 is 1.27 bits per heavy atom. The van der Waals surface area contributed by atoms with Gasteiger partial charge in [0.1, 0.15) is 18.4 Å². The minimum Gasteiger partial charge on any atom is -0.484 e. The van der Waals surface area contributed by atoms with Crippen molar-refractivity contribution in [2.24, 2.45) is 0 Å². The smallest absolute Gasteiger partial charge is 0.260 e. The van der Waals surface area contributed by atoms with E-state index in [-0.39, 0.29) is 18.6 Å². The van der Waals surface area contributed by atoms with Gasteiger partial charge in [-0.2, -0.15) is 5.10 Å². The summed E-state index contributed by atoms with van der Waals surface area (Å²) in [5.41, 5.74) is 0.866. The minimum atomic E-state index is -0.150. The van der Waals surface area contributed by atoms with Crippen LogP contribution in [0, 0.1) is 0 Å². The summed E-state index contributed by atoms with van der Waals surface area (Å²) in [5.74, 6) is 0.531. The number of carbonyl (C=O) groups is 1. The Bertz CT molecular complexity index is 945. The van der Waals surface area contributed by atoms with Crippen LogP contribution >= 0.6 is 11.6 Å². The molecule has 1 aliphatic rings. The highest BCUT2D eigenvalue weighted by molar-refractivity contribution is 6.30. The van der Waals surface area contributed by atoms with Crippen molar-refractivity contribution in [2.75, 3.05) is 26.3 Å². The number of hydrogen-bond acceptors (Lipinski definition) is 7. The topological polar surface area (TPSA) is 100 Å². The van der Waals surface area contributed by atoms with Crippen LogP contribution in [-0.2, 0) is 29.0 Å². The van der Waals surface area contributed by atoms with Gasteiger partial charge in [-0.1, -0.05) is 16.8 Å². The Balaban J connectivity index is 1.24. The molecule has 1 amide bonds. The lowest BCUT2D eigenvalue weighted by Gasteiger charge is -2.32. The monoisotopic (exact) mass is 431 g/mol. The summed E-state index contributed by atoms with van der Waals surface area (Å²) < 4.78 is 14.9. The van der Waals surface area contributed by atoms with Crippen molar-refractivity contribution in [3.8, 4) is 5.75 Å². The Hall–Kier alpha value is -2.98. The number of hydrogen-bond donors (Lipinski definition) is 0. The van der Waals surface area contributed by atoms with Crippen LogP contribution in [0.25, 0.3) is 0 Å². The molecule has 1 fully saturated rings. The molecule has 11 heteroatoms. The molecule has 0 N–H and O–H groups in total. The Labute approximate surface area is 178 Å². The van der Waals surface area contributed by atoms with Gasteiger partial charge >= 0.3 is 0 Å². The molecule has 4 rings (SSSR count). The molecule has 30 heavy (non-hydrogen) atoms. The van der Waals surface area contributed by atoms with Gasteiger partial charge in [-0.05, 0) is 24.3 Å². The lowest BCUT2D eigenvalue weighted by molar-refractivity contribution is -0.141. The molecular formula is C19H22ClN7O3. The summed E-state index contributed by atoms with van der Waals surface area (Å²) in [5, 5.41) is 13.1. The Kier molecular flexibility index (Phi) is 6.55. The average Bonchev–Trinajstić information content (AvgIpc) is 3.44. The van der Waals surface area contributed by atoms with Crippen molar-refractivity contribution in [3.63, 3.8) is 0 Å². The maximum Gasteiger partial charge on any atom is 0.260 e. The van der Waals surface area contributed by atoms with E-state index in [1.165, 1.54) is 6.33 Å². The SMILES string of the molecule is O=C(COc1ccc(Cl)cc1)N1CCOC(Cn2cc(CCn3cncn3)nn2)C1. The van der Waals surface area contributed by atoms with Crippen molar-refractivity contribution in [1.29, 1.82) is 0 Å². The van der Waals surface area contributed by atoms with Crippen LogP contribution in [0.5, 0.6) is 5.75 Å². The van der Waals surface area contributed by atoms with E-state index in [9.17, 15) is 4.79 Å². The van der Waals surface area contributed by atoms with Gasteiger partial charge in [-0.15, -0.1) is 5.10 Å². The molecule has 0 aliphatic carbocycles. The van der Waals surface area contributed by atoms with E-state index < -0.39 is 0 Å². The van der Waals surface area contributed by atoms with E-state index in [0.717, 1.165) is 5.69 Å². The highest BCUT2D eigenvalue weighted by atomic mass is 35.5. The summed E-state index contributed by atoms with van der Waals surface area (Å²) in [4.78, 5) is 18.2. The van der Waals surface area contributed by atoms with Crippen LogP contribution in [0.15, 0.2) is 43.1 Å².